The lowest BCUT2D eigenvalue weighted by Gasteiger charge is -2.10. The summed E-state index contributed by atoms with van der Waals surface area (Å²) in [6.45, 7) is 9.25. The Bertz CT molecular complexity index is 810. The molecule has 1 amide bonds. The molecule has 0 spiro atoms. The Morgan fingerprint density at radius 2 is 2.22 bits per heavy atom. The molecule has 0 radical (unpaired) electrons. The van der Waals surface area contributed by atoms with E-state index < -0.39 is 5.97 Å². The molecule has 2 aromatic heterocycles. The van der Waals surface area contributed by atoms with E-state index in [-0.39, 0.29) is 5.91 Å². The summed E-state index contributed by atoms with van der Waals surface area (Å²) in [4.78, 5) is 28.8. The van der Waals surface area contributed by atoms with Gasteiger partial charge >= 0.3 is 5.97 Å². The zero-order valence-electron chi connectivity index (χ0n) is 15.9. The zero-order chi connectivity index (χ0) is 19.8. The van der Waals surface area contributed by atoms with Crippen LogP contribution in [0.2, 0.25) is 0 Å². The molecular formula is C19H25N3O4S. The minimum atomic E-state index is -0.438. The molecule has 0 aliphatic heterocycles. The van der Waals surface area contributed by atoms with Gasteiger partial charge < -0.3 is 19.4 Å². The summed E-state index contributed by atoms with van der Waals surface area (Å²) in [6.07, 6.45) is 2.43. The topological polar surface area (TPSA) is 82.5 Å². The van der Waals surface area contributed by atoms with E-state index in [0.717, 1.165) is 17.8 Å². The number of aromatic nitrogens is 2. The number of methoxy groups -OCH3 is 1. The fraction of sp³-hybridized carbons (Fsp3) is 0.421. The first-order valence-electron chi connectivity index (χ1n) is 8.74. The van der Waals surface area contributed by atoms with Gasteiger partial charge in [-0.05, 0) is 26.3 Å². The fourth-order valence-electron chi connectivity index (χ4n) is 2.68. The number of carbonyl (C=O) groups is 2. The Morgan fingerprint density at radius 3 is 2.89 bits per heavy atom. The van der Waals surface area contributed by atoms with Crippen LogP contribution in [0.3, 0.4) is 0 Å². The summed E-state index contributed by atoms with van der Waals surface area (Å²) in [7, 11) is 1.66. The Morgan fingerprint density at radius 1 is 1.44 bits per heavy atom. The van der Waals surface area contributed by atoms with Gasteiger partial charge in [-0.3, -0.25) is 4.79 Å². The first-order chi connectivity index (χ1) is 13.0. The Hall–Kier alpha value is -2.45. The minimum Gasteiger partial charge on any atom is -0.461 e. The number of hydrogen-bond donors (Lipinski definition) is 1. The highest BCUT2D eigenvalue weighted by atomic mass is 32.1. The smallest absolute Gasteiger partial charge is 0.367 e. The summed E-state index contributed by atoms with van der Waals surface area (Å²) < 4.78 is 12.2. The number of hydrogen-bond acceptors (Lipinski definition) is 6. The number of rotatable bonds is 10. The van der Waals surface area contributed by atoms with Crippen LogP contribution >= 0.6 is 11.3 Å². The van der Waals surface area contributed by atoms with Crippen molar-refractivity contribution in [3.63, 3.8) is 0 Å². The molecule has 2 aromatic rings. The second kappa shape index (κ2) is 10.0. The molecule has 7 nitrogen and oxygen atoms in total. The summed E-state index contributed by atoms with van der Waals surface area (Å²) in [5.74, 6) is -0.605. The van der Waals surface area contributed by atoms with Crippen molar-refractivity contribution in [2.75, 3.05) is 26.9 Å². The molecule has 8 heteroatoms. The van der Waals surface area contributed by atoms with Crippen LogP contribution in [-0.2, 0) is 16.0 Å². The molecule has 0 aliphatic carbocycles. The van der Waals surface area contributed by atoms with Crippen molar-refractivity contribution in [1.82, 2.24) is 14.9 Å². The van der Waals surface area contributed by atoms with Crippen LogP contribution in [0.5, 0.6) is 0 Å². The Balaban J connectivity index is 2.39. The predicted octanol–water partition coefficient (Wildman–Crippen LogP) is 3.05. The van der Waals surface area contributed by atoms with Crippen molar-refractivity contribution in [2.24, 2.45) is 0 Å². The molecule has 0 saturated heterocycles. The van der Waals surface area contributed by atoms with Crippen molar-refractivity contribution >= 4 is 23.2 Å². The van der Waals surface area contributed by atoms with Crippen LogP contribution in [0.4, 0.5) is 0 Å². The quantitative estimate of drug-likeness (QED) is 0.382. The van der Waals surface area contributed by atoms with Crippen LogP contribution in [0.15, 0.2) is 24.1 Å². The first kappa shape index (κ1) is 20.9. The lowest BCUT2D eigenvalue weighted by molar-refractivity contribution is 0.0526. The van der Waals surface area contributed by atoms with E-state index in [2.05, 4.69) is 16.9 Å². The van der Waals surface area contributed by atoms with Gasteiger partial charge in [0.05, 0.1) is 23.6 Å². The van der Waals surface area contributed by atoms with Crippen molar-refractivity contribution in [2.45, 2.75) is 26.8 Å². The van der Waals surface area contributed by atoms with Gasteiger partial charge in [0.25, 0.3) is 5.91 Å². The maximum Gasteiger partial charge on any atom is 0.367 e. The van der Waals surface area contributed by atoms with Gasteiger partial charge in [-0.15, -0.1) is 17.9 Å². The van der Waals surface area contributed by atoms with Crippen LogP contribution in [0.25, 0.3) is 11.4 Å². The third-order valence-corrected chi connectivity index (χ3v) is 4.79. The Labute approximate surface area is 163 Å². The number of ether oxygens (including phenoxy) is 2. The van der Waals surface area contributed by atoms with Crippen LogP contribution in [0, 0.1) is 6.92 Å². The third kappa shape index (κ3) is 5.05. The summed E-state index contributed by atoms with van der Waals surface area (Å²) in [5.41, 5.74) is 2.86. The van der Waals surface area contributed by atoms with E-state index in [1.54, 1.807) is 25.5 Å². The molecule has 0 saturated carbocycles. The summed E-state index contributed by atoms with van der Waals surface area (Å²) >= 11 is 1.23. The van der Waals surface area contributed by atoms with Crippen LogP contribution in [0.1, 0.15) is 39.2 Å². The Kier molecular flexibility index (Phi) is 7.75. The lowest BCUT2D eigenvalue weighted by Crippen LogP contribution is -2.23. The molecule has 0 atom stereocenters. The minimum absolute atomic E-state index is 0.167. The zero-order valence-corrected chi connectivity index (χ0v) is 16.7. The van der Waals surface area contributed by atoms with E-state index >= 15 is 0 Å². The number of esters is 1. The van der Waals surface area contributed by atoms with Gasteiger partial charge in [-0.2, -0.15) is 0 Å². The standard InChI is InChI=1S/C19H25N3O4S/c1-5-8-20-17(23)14-11-16(22(13(14)3)9-7-10-25-4)15-12-27-18(21-15)19(24)26-6-2/h5,11-12H,1,6-10H2,2-4H3,(H,20,23). The molecule has 0 unspecified atom stereocenters. The molecule has 0 aliphatic rings. The monoisotopic (exact) mass is 391 g/mol. The molecule has 2 heterocycles. The molecule has 1 N–H and O–H groups in total. The van der Waals surface area contributed by atoms with Crippen molar-refractivity contribution in [3.8, 4) is 11.4 Å². The van der Waals surface area contributed by atoms with Gasteiger partial charge in [0.2, 0.25) is 5.01 Å². The summed E-state index contributed by atoms with van der Waals surface area (Å²) in [6, 6.07) is 1.81. The van der Waals surface area contributed by atoms with Gasteiger partial charge in [-0.25, -0.2) is 9.78 Å². The number of nitrogens with one attached hydrogen (secondary N) is 1. The maximum absolute atomic E-state index is 12.5. The number of amides is 1. The predicted molar refractivity (Wildman–Crippen MR) is 105 cm³/mol. The molecule has 2 rings (SSSR count). The summed E-state index contributed by atoms with van der Waals surface area (Å²) in [5, 5.41) is 4.90. The van der Waals surface area contributed by atoms with Gasteiger partial charge in [0.1, 0.15) is 0 Å². The van der Waals surface area contributed by atoms with Crippen molar-refractivity contribution < 1.29 is 19.1 Å². The van der Waals surface area contributed by atoms with E-state index in [1.807, 2.05) is 17.6 Å². The number of thiazole rings is 1. The largest absolute Gasteiger partial charge is 0.461 e. The second-order valence-electron chi connectivity index (χ2n) is 5.78. The highest BCUT2D eigenvalue weighted by Crippen LogP contribution is 2.28. The molecule has 27 heavy (non-hydrogen) atoms. The molecule has 0 bridgehead atoms. The van der Waals surface area contributed by atoms with Crippen molar-refractivity contribution in [1.29, 1.82) is 0 Å². The van der Waals surface area contributed by atoms with Gasteiger partial charge in [0, 0.05) is 37.9 Å². The van der Waals surface area contributed by atoms with Crippen molar-refractivity contribution in [3.05, 3.63) is 40.4 Å². The van der Waals surface area contributed by atoms with E-state index in [1.165, 1.54) is 11.3 Å². The maximum atomic E-state index is 12.5. The molecule has 0 fully saturated rings. The number of carbonyl (C=O) groups excluding carboxylic acids is 2. The fourth-order valence-corrected chi connectivity index (χ4v) is 3.38. The average molecular weight is 391 g/mol. The van der Waals surface area contributed by atoms with Crippen LogP contribution in [-0.4, -0.2) is 48.3 Å². The normalized spacial score (nSPS) is 10.6. The molecular weight excluding hydrogens is 366 g/mol. The molecule has 146 valence electrons. The van der Waals surface area contributed by atoms with Gasteiger partial charge in [-0.1, -0.05) is 6.08 Å². The van der Waals surface area contributed by atoms with Gasteiger partial charge in [0.15, 0.2) is 0 Å². The van der Waals surface area contributed by atoms with E-state index in [0.29, 0.717) is 42.6 Å². The van der Waals surface area contributed by atoms with Crippen LogP contribution < -0.4 is 5.32 Å². The average Bonchev–Trinajstić information content (AvgIpc) is 3.26. The SMILES string of the molecule is C=CCNC(=O)c1cc(-c2csc(C(=O)OCC)n2)n(CCCOC)c1C. The third-order valence-electron chi connectivity index (χ3n) is 3.96. The van der Waals surface area contributed by atoms with E-state index in [4.69, 9.17) is 9.47 Å². The lowest BCUT2D eigenvalue weighted by atomic mass is 10.2. The first-order valence-corrected chi connectivity index (χ1v) is 9.62. The highest BCUT2D eigenvalue weighted by molar-refractivity contribution is 7.11. The van der Waals surface area contributed by atoms with E-state index in [9.17, 15) is 9.59 Å². The number of nitrogens with zero attached hydrogens (tertiary/aromatic N) is 2. The highest BCUT2D eigenvalue weighted by Gasteiger charge is 2.21. The second-order valence-corrected chi connectivity index (χ2v) is 6.64. The molecule has 0 aromatic carbocycles.